The van der Waals surface area contributed by atoms with Crippen molar-refractivity contribution in [1.82, 2.24) is 10.3 Å². The van der Waals surface area contributed by atoms with E-state index in [1.54, 1.807) is 6.07 Å². The lowest BCUT2D eigenvalue weighted by Gasteiger charge is -2.20. The summed E-state index contributed by atoms with van der Waals surface area (Å²) >= 11 is 0. The van der Waals surface area contributed by atoms with Crippen LogP contribution in [0.5, 0.6) is 0 Å². The number of amides is 2. The third-order valence-corrected chi connectivity index (χ3v) is 2.91. The first kappa shape index (κ1) is 15.9. The molecule has 0 radical (unpaired) electrons. The van der Waals surface area contributed by atoms with Crippen LogP contribution in [0.2, 0.25) is 0 Å². The van der Waals surface area contributed by atoms with Gasteiger partial charge in [-0.05, 0) is 25.8 Å². The van der Waals surface area contributed by atoms with Gasteiger partial charge in [-0.2, -0.15) is 0 Å². The number of hydrogen-bond acceptors (Lipinski definition) is 4. The third kappa shape index (κ3) is 3.94. The fourth-order valence-electron chi connectivity index (χ4n) is 1.86. The summed E-state index contributed by atoms with van der Waals surface area (Å²) in [5.41, 5.74) is 7.22. The smallest absolute Gasteiger partial charge is 0.255 e. The van der Waals surface area contributed by atoms with Gasteiger partial charge in [-0.3, -0.25) is 14.6 Å². The highest BCUT2D eigenvalue weighted by atomic mass is 16.2. The number of pyridine rings is 1. The fraction of sp³-hybridized carbons (Fsp3) is 0.500. The Labute approximate surface area is 119 Å². The van der Waals surface area contributed by atoms with Crippen LogP contribution < -0.4 is 16.4 Å². The molecule has 1 atom stereocenters. The maximum absolute atomic E-state index is 12.3. The minimum Gasteiger partial charge on any atom is -0.385 e. The number of aryl methyl sites for hydroxylation is 1. The SMILES string of the molecule is CCNc1cc(C)ncc1C(=O)NC(C(N)=O)C(C)C. The van der Waals surface area contributed by atoms with Crippen molar-refractivity contribution in [2.24, 2.45) is 11.7 Å². The number of rotatable bonds is 6. The van der Waals surface area contributed by atoms with Crippen LogP contribution in [0.15, 0.2) is 12.3 Å². The Hall–Kier alpha value is -2.11. The quantitative estimate of drug-likeness (QED) is 0.725. The predicted molar refractivity (Wildman–Crippen MR) is 78.4 cm³/mol. The van der Waals surface area contributed by atoms with Gasteiger partial charge in [-0.25, -0.2) is 0 Å². The van der Waals surface area contributed by atoms with Gasteiger partial charge in [0, 0.05) is 18.4 Å². The van der Waals surface area contributed by atoms with Gasteiger partial charge in [0.2, 0.25) is 5.91 Å². The number of hydrogen-bond donors (Lipinski definition) is 3. The molecule has 4 N–H and O–H groups in total. The fourth-order valence-corrected chi connectivity index (χ4v) is 1.86. The topological polar surface area (TPSA) is 97.1 Å². The molecule has 0 aromatic carbocycles. The molecule has 1 unspecified atom stereocenters. The van der Waals surface area contributed by atoms with E-state index in [1.807, 2.05) is 27.7 Å². The molecule has 1 aromatic rings. The summed E-state index contributed by atoms with van der Waals surface area (Å²) in [6.07, 6.45) is 1.50. The standard InChI is InChI=1S/C14H22N4O2/c1-5-16-11-6-9(4)17-7-10(11)14(20)18-12(8(2)3)13(15)19/h6-8,12H,5H2,1-4H3,(H2,15,19)(H,16,17)(H,18,20). The van der Waals surface area contributed by atoms with Crippen molar-refractivity contribution in [3.8, 4) is 0 Å². The van der Waals surface area contributed by atoms with Crippen molar-refractivity contribution in [3.05, 3.63) is 23.5 Å². The van der Waals surface area contributed by atoms with E-state index in [2.05, 4.69) is 15.6 Å². The van der Waals surface area contributed by atoms with Gasteiger partial charge in [-0.1, -0.05) is 13.8 Å². The van der Waals surface area contributed by atoms with Crippen molar-refractivity contribution >= 4 is 17.5 Å². The van der Waals surface area contributed by atoms with Crippen molar-refractivity contribution in [3.63, 3.8) is 0 Å². The zero-order valence-corrected chi connectivity index (χ0v) is 12.4. The van der Waals surface area contributed by atoms with Crippen molar-refractivity contribution in [2.45, 2.75) is 33.7 Å². The van der Waals surface area contributed by atoms with E-state index in [1.165, 1.54) is 6.20 Å². The van der Waals surface area contributed by atoms with Crippen LogP contribution in [0.4, 0.5) is 5.69 Å². The van der Waals surface area contributed by atoms with Gasteiger partial charge in [0.1, 0.15) is 6.04 Å². The zero-order valence-electron chi connectivity index (χ0n) is 12.4. The van der Waals surface area contributed by atoms with Crippen LogP contribution in [0, 0.1) is 12.8 Å². The lowest BCUT2D eigenvalue weighted by molar-refractivity contribution is -0.120. The van der Waals surface area contributed by atoms with Crippen molar-refractivity contribution < 1.29 is 9.59 Å². The summed E-state index contributed by atoms with van der Waals surface area (Å²) in [4.78, 5) is 27.7. The molecular weight excluding hydrogens is 256 g/mol. The highest BCUT2D eigenvalue weighted by molar-refractivity contribution is 6.01. The molecule has 20 heavy (non-hydrogen) atoms. The maximum atomic E-state index is 12.3. The van der Waals surface area contributed by atoms with Gasteiger partial charge >= 0.3 is 0 Å². The van der Waals surface area contributed by atoms with Crippen LogP contribution >= 0.6 is 0 Å². The monoisotopic (exact) mass is 278 g/mol. The van der Waals surface area contributed by atoms with E-state index in [-0.39, 0.29) is 11.8 Å². The van der Waals surface area contributed by atoms with Gasteiger partial charge in [0.05, 0.1) is 11.3 Å². The number of nitrogens with zero attached hydrogens (tertiary/aromatic N) is 1. The summed E-state index contributed by atoms with van der Waals surface area (Å²) in [5.74, 6) is -0.971. The molecule has 6 nitrogen and oxygen atoms in total. The molecule has 0 bridgehead atoms. The first-order valence-electron chi connectivity index (χ1n) is 6.67. The average molecular weight is 278 g/mol. The lowest BCUT2D eigenvalue weighted by atomic mass is 10.0. The molecule has 0 saturated heterocycles. The summed E-state index contributed by atoms with van der Waals surface area (Å²) in [6.45, 7) is 8.14. The molecule has 0 aliphatic carbocycles. The molecule has 0 saturated carbocycles. The van der Waals surface area contributed by atoms with E-state index in [0.717, 1.165) is 5.69 Å². The van der Waals surface area contributed by atoms with Crippen LogP contribution in [-0.2, 0) is 4.79 Å². The first-order chi connectivity index (χ1) is 9.36. The first-order valence-corrected chi connectivity index (χ1v) is 6.67. The highest BCUT2D eigenvalue weighted by Crippen LogP contribution is 2.16. The van der Waals surface area contributed by atoms with Crippen LogP contribution in [0.25, 0.3) is 0 Å². The third-order valence-electron chi connectivity index (χ3n) is 2.91. The number of carbonyl (C=O) groups is 2. The zero-order chi connectivity index (χ0) is 15.3. The molecule has 1 aromatic heterocycles. The molecule has 0 spiro atoms. The van der Waals surface area contributed by atoms with E-state index >= 15 is 0 Å². The summed E-state index contributed by atoms with van der Waals surface area (Å²) < 4.78 is 0. The largest absolute Gasteiger partial charge is 0.385 e. The number of nitrogens with two attached hydrogens (primary N) is 1. The Balaban J connectivity index is 2.99. The number of anilines is 1. The molecule has 1 rings (SSSR count). The molecule has 2 amide bonds. The van der Waals surface area contributed by atoms with E-state index in [9.17, 15) is 9.59 Å². The molecule has 1 heterocycles. The molecule has 110 valence electrons. The van der Waals surface area contributed by atoms with Crippen molar-refractivity contribution in [2.75, 3.05) is 11.9 Å². The minimum atomic E-state index is -0.696. The van der Waals surface area contributed by atoms with Crippen molar-refractivity contribution in [1.29, 1.82) is 0 Å². The van der Waals surface area contributed by atoms with Gasteiger partial charge in [0.15, 0.2) is 0 Å². The number of nitrogens with one attached hydrogen (secondary N) is 2. The van der Waals surface area contributed by atoms with Crippen LogP contribution in [-0.4, -0.2) is 29.4 Å². The van der Waals surface area contributed by atoms with E-state index in [4.69, 9.17) is 5.73 Å². The lowest BCUT2D eigenvalue weighted by Crippen LogP contribution is -2.47. The van der Waals surface area contributed by atoms with Gasteiger partial charge in [0.25, 0.3) is 5.91 Å². The van der Waals surface area contributed by atoms with E-state index in [0.29, 0.717) is 17.8 Å². The summed E-state index contributed by atoms with van der Waals surface area (Å²) in [5, 5.41) is 5.77. The van der Waals surface area contributed by atoms with Crippen LogP contribution in [0.3, 0.4) is 0 Å². The summed E-state index contributed by atoms with van der Waals surface area (Å²) in [6, 6.07) is 1.10. The number of aromatic nitrogens is 1. The van der Waals surface area contributed by atoms with Gasteiger partial charge in [-0.15, -0.1) is 0 Å². The molecule has 0 aliphatic heterocycles. The maximum Gasteiger partial charge on any atom is 0.255 e. The highest BCUT2D eigenvalue weighted by Gasteiger charge is 2.23. The number of primary amides is 1. The summed E-state index contributed by atoms with van der Waals surface area (Å²) in [7, 11) is 0. The molecule has 0 aliphatic rings. The van der Waals surface area contributed by atoms with Gasteiger partial charge < -0.3 is 16.4 Å². The second-order valence-electron chi connectivity index (χ2n) is 5.00. The minimum absolute atomic E-state index is 0.0718. The van der Waals surface area contributed by atoms with E-state index < -0.39 is 11.9 Å². The predicted octanol–water partition coefficient (Wildman–Crippen LogP) is 1.06. The molecule has 0 fully saturated rings. The average Bonchev–Trinajstić information content (AvgIpc) is 2.35. The Morgan fingerprint density at radius 2 is 2.05 bits per heavy atom. The normalized spacial score (nSPS) is 12.1. The molecular formula is C14H22N4O2. The second-order valence-corrected chi connectivity index (χ2v) is 5.00. The second kappa shape index (κ2) is 6.88. The Morgan fingerprint density at radius 1 is 1.40 bits per heavy atom. The molecule has 6 heteroatoms. The Kier molecular flexibility index (Phi) is 5.49. The van der Waals surface area contributed by atoms with Crippen LogP contribution in [0.1, 0.15) is 36.8 Å². The Morgan fingerprint density at radius 3 is 2.55 bits per heavy atom. The Bertz CT molecular complexity index is 500. The number of carbonyl (C=O) groups excluding carboxylic acids is 2.